The fourth-order valence-electron chi connectivity index (χ4n) is 3.14. The molecule has 0 aromatic heterocycles. The molecule has 1 aliphatic carbocycles. The van der Waals surface area contributed by atoms with E-state index < -0.39 is 0 Å². The van der Waals surface area contributed by atoms with Crippen LogP contribution in [-0.2, 0) is 16.8 Å². The van der Waals surface area contributed by atoms with Crippen LogP contribution in [0.15, 0.2) is 18.2 Å². The van der Waals surface area contributed by atoms with E-state index in [9.17, 15) is 4.39 Å². The van der Waals surface area contributed by atoms with Crippen LogP contribution < -0.4 is 5.32 Å². The van der Waals surface area contributed by atoms with Crippen LogP contribution in [0.3, 0.4) is 0 Å². The summed E-state index contributed by atoms with van der Waals surface area (Å²) >= 11 is 0. The number of hydrogen-bond acceptors (Lipinski definition) is 2. The zero-order valence-electron chi connectivity index (χ0n) is 10.3. The lowest BCUT2D eigenvalue weighted by atomic mass is 9.91. The van der Waals surface area contributed by atoms with Crippen LogP contribution >= 0.6 is 0 Å². The Bertz CT molecular complexity index is 458. The minimum atomic E-state index is -0.245. The molecule has 1 N–H and O–H groups in total. The Labute approximate surface area is 101 Å². The third-order valence-corrected chi connectivity index (χ3v) is 3.79. The first-order valence-electron chi connectivity index (χ1n) is 6.21. The molecule has 2 aliphatic rings. The summed E-state index contributed by atoms with van der Waals surface area (Å²) in [4.78, 5) is 0. The summed E-state index contributed by atoms with van der Waals surface area (Å²) in [6, 6.07) is 5.08. The molecule has 2 nitrogen and oxygen atoms in total. The zero-order chi connectivity index (χ0) is 12.1. The molecule has 1 aromatic rings. The van der Waals surface area contributed by atoms with Crippen molar-refractivity contribution < 1.29 is 9.13 Å². The largest absolute Gasteiger partial charge is 0.362 e. The Hall–Kier alpha value is -0.930. The van der Waals surface area contributed by atoms with Crippen molar-refractivity contribution in [3.8, 4) is 0 Å². The first kappa shape index (κ1) is 11.2. The second-order valence-electron chi connectivity index (χ2n) is 5.76. The van der Waals surface area contributed by atoms with Crippen LogP contribution in [0.4, 0.5) is 4.39 Å². The molecule has 92 valence electrons. The Morgan fingerprint density at radius 3 is 2.88 bits per heavy atom. The van der Waals surface area contributed by atoms with Gasteiger partial charge in [-0.2, -0.15) is 0 Å². The van der Waals surface area contributed by atoms with Crippen molar-refractivity contribution in [3.05, 3.63) is 35.1 Å². The topological polar surface area (TPSA) is 21.3 Å². The van der Waals surface area contributed by atoms with Crippen LogP contribution in [0.2, 0.25) is 0 Å². The summed E-state index contributed by atoms with van der Waals surface area (Å²) in [7, 11) is 0. The van der Waals surface area contributed by atoms with Gasteiger partial charge in [0.2, 0.25) is 0 Å². The summed E-state index contributed by atoms with van der Waals surface area (Å²) in [5.41, 5.74) is 1.86. The van der Waals surface area contributed by atoms with E-state index in [-0.39, 0.29) is 17.0 Å². The Morgan fingerprint density at radius 2 is 2.12 bits per heavy atom. The molecular weight excluding hydrogens is 217 g/mol. The van der Waals surface area contributed by atoms with Gasteiger partial charge in [-0.25, -0.2) is 4.39 Å². The van der Waals surface area contributed by atoms with Crippen molar-refractivity contribution in [2.45, 2.75) is 37.9 Å². The van der Waals surface area contributed by atoms with E-state index in [1.165, 1.54) is 11.6 Å². The van der Waals surface area contributed by atoms with Crippen molar-refractivity contribution >= 4 is 0 Å². The third-order valence-electron chi connectivity index (χ3n) is 3.79. The zero-order valence-corrected chi connectivity index (χ0v) is 10.3. The molecule has 1 spiro atoms. The van der Waals surface area contributed by atoms with E-state index in [0.29, 0.717) is 0 Å². The highest BCUT2D eigenvalue weighted by Gasteiger charge is 2.46. The van der Waals surface area contributed by atoms with Crippen molar-refractivity contribution in [2.24, 2.45) is 0 Å². The lowest BCUT2D eigenvalue weighted by Crippen LogP contribution is -2.55. The number of nitrogens with one attached hydrogen (secondary N) is 1. The minimum absolute atomic E-state index is 0.149. The first-order valence-corrected chi connectivity index (χ1v) is 6.21. The second kappa shape index (κ2) is 3.53. The fourth-order valence-corrected chi connectivity index (χ4v) is 3.14. The van der Waals surface area contributed by atoms with Crippen LogP contribution in [0.5, 0.6) is 0 Å². The number of halogens is 1. The highest BCUT2D eigenvalue weighted by atomic mass is 19.1. The molecule has 0 bridgehead atoms. The third kappa shape index (κ3) is 1.78. The summed E-state index contributed by atoms with van der Waals surface area (Å²) in [6.07, 6.45) is 1.85. The average Bonchev–Trinajstić information content (AvgIpc) is 2.55. The Morgan fingerprint density at radius 1 is 1.29 bits per heavy atom. The maximum Gasteiger partial charge on any atom is 0.123 e. The molecule has 1 atom stereocenters. The predicted molar refractivity (Wildman–Crippen MR) is 64.4 cm³/mol. The minimum Gasteiger partial charge on any atom is -0.362 e. The Balaban J connectivity index is 2.02. The van der Waals surface area contributed by atoms with Crippen molar-refractivity contribution in [1.82, 2.24) is 5.32 Å². The molecule has 1 fully saturated rings. The monoisotopic (exact) mass is 235 g/mol. The summed E-state index contributed by atoms with van der Waals surface area (Å²) in [5.74, 6) is -0.149. The summed E-state index contributed by atoms with van der Waals surface area (Å²) in [6.45, 7) is 5.89. The smallest absolute Gasteiger partial charge is 0.123 e. The molecular formula is C14H18FNO. The average molecular weight is 235 g/mol. The van der Waals surface area contributed by atoms with Gasteiger partial charge < -0.3 is 10.1 Å². The van der Waals surface area contributed by atoms with E-state index in [1.54, 1.807) is 6.07 Å². The quantitative estimate of drug-likeness (QED) is 0.745. The Kier molecular flexibility index (Phi) is 2.32. The van der Waals surface area contributed by atoms with E-state index in [1.807, 2.05) is 6.07 Å². The SMILES string of the molecule is CC1(C)CNCC2(CCc3cc(F)ccc32)O1. The van der Waals surface area contributed by atoms with Crippen molar-refractivity contribution in [1.29, 1.82) is 0 Å². The highest BCUT2D eigenvalue weighted by Crippen LogP contribution is 2.43. The molecule has 3 heteroatoms. The number of hydrogen-bond donors (Lipinski definition) is 1. The molecule has 0 amide bonds. The van der Waals surface area contributed by atoms with Gasteiger partial charge in [0.05, 0.1) is 5.60 Å². The maximum absolute atomic E-state index is 13.2. The van der Waals surface area contributed by atoms with Gasteiger partial charge in [0.25, 0.3) is 0 Å². The van der Waals surface area contributed by atoms with Crippen LogP contribution in [0, 0.1) is 5.82 Å². The van der Waals surface area contributed by atoms with Gasteiger partial charge in [0.1, 0.15) is 11.4 Å². The molecule has 1 saturated heterocycles. The van der Waals surface area contributed by atoms with E-state index in [2.05, 4.69) is 19.2 Å². The first-order chi connectivity index (χ1) is 8.01. The number of ether oxygens (including phenoxy) is 1. The molecule has 1 aliphatic heterocycles. The number of benzene rings is 1. The van der Waals surface area contributed by atoms with Gasteiger partial charge >= 0.3 is 0 Å². The summed E-state index contributed by atoms with van der Waals surface area (Å²) < 4.78 is 19.5. The number of fused-ring (bicyclic) bond motifs is 2. The van der Waals surface area contributed by atoms with Gasteiger partial charge in [-0.15, -0.1) is 0 Å². The van der Waals surface area contributed by atoms with Crippen LogP contribution in [0.25, 0.3) is 0 Å². The normalized spacial score (nSPS) is 30.5. The molecule has 17 heavy (non-hydrogen) atoms. The molecule has 1 aromatic carbocycles. The molecule has 3 rings (SSSR count). The van der Waals surface area contributed by atoms with E-state index >= 15 is 0 Å². The number of morpholine rings is 1. The lowest BCUT2D eigenvalue weighted by Gasteiger charge is -2.44. The predicted octanol–water partition coefficient (Wildman–Crippen LogP) is 2.37. The molecule has 0 saturated carbocycles. The van der Waals surface area contributed by atoms with Crippen LogP contribution in [-0.4, -0.2) is 18.7 Å². The van der Waals surface area contributed by atoms with Gasteiger partial charge in [-0.05, 0) is 49.9 Å². The number of aryl methyl sites for hydroxylation is 1. The number of rotatable bonds is 0. The van der Waals surface area contributed by atoms with Crippen molar-refractivity contribution in [3.63, 3.8) is 0 Å². The molecule has 1 heterocycles. The highest BCUT2D eigenvalue weighted by molar-refractivity contribution is 5.38. The van der Waals surface area contributed by atoms with E-state index in [4.69, 9.17) is 4.74 Å². The van der Waals surface area contributed by atoms with Crippen molar-refractivity contribution in [2.75, 3.05) is 13.1 Å². The van der Waals surface area contributed by atoms with Gasteiger partial charge in [0, 0.05) is 13.1 Å². The van der Waals surface area contributed by atoms with Gasteiger partial charge in [-0.1, -0.05) is 6.07 Å². The maximum atomic E-state index is 13.2. The standard InChI is InChI=1S/C14H18FNO/c1-13(2)8-16-9-14(17-13)6-5-10-7-11(15)3-4-12(10)14/h3-4,7,16H,5-6,8-9H2,1-2H3. The van der Waals surface area contributed by atoms with Crippen LogP contribution in [0.1, 0.15) is 31.4 Å². The summed E-state index contributed by atoms with van der Waals surface area (Å²) in [5, 5.41) is 3.44. The fraction of sp³-hybridized carbons (Fsp3) is 0.571. The second-order valence-corrected chi connectivity index (χ2v) is 5.76. The van der Waals surface area contributed by atoms with Gasteiger partial charge in [0.15, 0.2) is 0 Å². The molecule has 1 unspecified atom stereocenters. The molecule has 0 radical (unpaired) electrons. The lowest BCUT2D eigenvalue weighted by molar-refractivity contribution is -0.166. The van der Waals surface area contributed by atoms with Gasteiger partial charge in [-0.3, -0.25) is 0 Å². The van der Waals surface area contributed by atoms with E-state index in [0.717, 1.165) is 31.5 Å².